The SMILES string of the molecule is CCC(=O)OCCc1ccc(O)c(-n2nc3ccccc3n2)c1. The van der Waals surface area contributed by atoms with Crippen LogP contribution in [0.5, 0.6) is 5.75 Å². The van der Waals surface area contributed by atoms with E-state index in [1.54, 1.807) is 25.1 Å². The Bertz CT molecular complexity index is 809. The van der Waals surface area contributed by atoms with E-state index in [0.29, 0.717) is 25.1 Å². The number of benzene rings is 2. The third-order valence-corrected chi connectivity index (χ3v) is 3.48. The fraction of sp³-hybridized carbons (Fsp3) is 0.235. The van der Waals surface area contributed by atoms with Crippen LogP contribution in [0.15, 0.2) is 42.5 Å². The number of nitrogens with zero attached hydrogens (tertiary/aromatic N) is 3. The highest BCUT2D eigenvalue weighted by Gasteiger charge is 2.10. The van der Waals surface area contributed by atoms with Crippen LogP contribution in [-0.4, -0.2) is 32.7 Å². The van der Waals surface area contributed by atoms with E-state index in [1.807, 2.05) is 24.3 Å². The lowest BCUT2D eigenvalue weighted by molar-refractivity contribution is -0.143. The number of carbonyl (C=O) groups is 1. The average Bonchev–Trinajstić information content (AvgIpc) is 3.00. The highest BCUT2D eigenvalue weighted by molar-refractivity contribution is 5.73. The van der Waals surface area contributed by atoms with Crippen molar-refractivity contribution in [3.8, 4) is 11.4 Å². The zero-order chi connectivity index (χ0) is 16.2. The molecule has 0 atom stereocenters. The Kier molecular flexibility index (Phi) is 4.23. The molecule has 0 fully saturated rings. The molecule has 118 valence electrons. The van der Waals surface area contributed by atoms with Crippen LogP contribution < -0.4 is 0 Å². The Morgan fingerprint density at radius 1 is 1.17 bits per heavy atom. The number of hydrogen-bond donors (Lipinski definition) is 1. The molecule has 0 saturated carbocycles. The molecule has 2 aromatic carbocycles. The highest BCUT2D eigenvalue weighted by atomic mass is 16.5. The zero-order valence-corrected chi connectivity index (χ0v) is 12.8. The predicted molar refractivity (Wildman–Crippen MR) is 85.5 cm³/mol. The van der Waals surface area contributed by atoms with Crippen molar-refractivity contribution in [2.24, 2.45) is 0 Å². The molecule has 3 aromatic rings. The molecule has 23 heavy (non-hydrogen) atoms. The molecular formula is C17H17N3O3. The number of fused-ring (bicyclic) bond motifs is 1. The van der Waals surface area contributed by atoms with Crippen LogP contribution >= 0.6 is 0 Å². The summed E-state index contributed by atoms with van der Waals surface area (Å²) in [7, 11) is 0. The van der Waals surface area contributed by atoms with Gasteiger partial charge in [0.15, 0.2) is 0 Å². The molecule has 6 nitrogen and oxygen atoms in total. The number of esters is 1. The van der Waals surface area contributed by atoms with Crippen molar-refractivity contribution < 1.29 is 14.6 Å². The predicted octanol–water partition coefficient (Wildman–Crippen LogP) is 2.62. The third kappa shape index (κ3) is 3.31. The molecule has 0 aliphatic rings. The van der Waals surface area contributed by atoms with E-state index in [-0.39, 0.29) is 11.7 Å². The van der Waals surface area contributed by atoms with Gasteiger partial charge in [0.1, 0.15) is 22.5 Å². The van der Waals surface area contributed by atoms with Crippen LogP contribution in [0.1, 0.15) is 18.9 Å². The number of rotatable bonds is 5. The first kappa shape index (κ1) is 15.0. The molecule has 1 N–H and O–H groups in total. The van der Waals surface area contributed by atoms with Crippen LogP contribution in [0, 0.1) is 0 Å². The van der Waals surface area contributed by atoms with E-state index in [9.17, 15) is 9.90 Å². The van der Waals surface area contributed by atoms with E-state index >= 15 is 0 Å². The molecule has 0 radical (unpaired) electrons. The van der Waals surface area contributed by atoms with Gasteiger partial charge in [0.2, 0.25) is 0 Å². The smallest absolute Gasteiger partial charge is 0.305 e. The maximum atomic E-state index is 11.2. The van der Waals surface area contributed by atoms with E-state index in [2.05, 4.69) is 10.2 Å². The van der Waals surface area contributed by atoms with Crippen molar-refractivity contribution in [2.75, 3.05) is 6.61 Å². The van der Waals surface area contributed by atoms with Gasteiger partial charge < -0.3 is 9.84 Å². The van der Waals surface area contributed by atoms with Gasteiger partial charge in [-0.25, -0.2) is 0 Å². The van der Waals surface area contributed by atoms with Gasteiger partial charge in [-0.2, -0.15) is 0 Å². The quantitative estimate of drug-likeness (QED) is 0.733. The van der Waals surface area contributed by atoms with Crippen LogP contribution in [0.2, 0.25) is 0 Å². The number of aromatic hydroxyl groups is 1. The van der Waals surface area contributed by atoms with Crippen molar-refractivity contribution in [1.82, 2.24) is 15.0 Å². The van der Waals surface area contributed by atoms with Gasteiger partial charge in [0.25, 0.3) is 0 Å². The zero-order valence-electron chi connectivity index (χ0n) is 12.8. The number of carbonyl (C=O) groups excluding carboxylic acids is 1. The Hall–Kier alpha value is -2.89. The van der Waals surface area contributed by atoms with Crippen molar-refractivity contribution in [3.05, 3.63) is 48.0 Å². The molecule has 0 aliphatic carbocycles. The summed E-state index contributed by atoms with van der Waals surface area (Å²) in [5, 5.41) is 18.8. The Morgan fingerprint density at radius 3 is 2.52 bits per heavy atom. The second-order valence-electron chi connectivity index (χ2n) is 5.13. The van der Waals surface area contributed by atoms with Gasteiger partial charge in [-0.1, -0.05) is 25.1 Å². The largest absolute Gasteiger partial charge is 0.506 e. The summed E-state index contributed by atoms with van der Waals surface area (Å²) in [4.78, 5) is 12.6. The monoisotopic (exact) mass is 311 g/mol. The summed E-state index contributed by atoms with van der Waals surface area (Å²) < 4.78 is 5.08. The first-order chi connectivity index (χ1) is 11.2. The topological polar surface area (TPSA) is 77.2 Å². The summed E-state index contributed by atoms with van der Waals surface area (Å²) >= 11 is 0. The average molecular weight is 311 g/mol. The van der Waals surface area contributed by atoms with Crippen molar-refractivity contribution in [3.63, 3.8) is 0 Å². The van der Waals surface area contributed by atoms with Crippen LogP contribution in [-0.2, 0) is 16.0 Å². The van der Waals surface area contributed by atoms with E-state index < -0.39 is 0 Å². The molecule has 0 spiro atoms. The Morgan fingerprint density at radius 2 is 1.87 bits per heavy atom. The number of hydrogen-bond acceptors (Lipinski definition) is 5. The van der Waals surface area contributed by atoms with Crippen molar-refractivity contribution >= 4 is 17.0 Å². The standard InChI is InChI=1S/C17H17N3O3/c1-2-17(22)23-10-9-12-7-8-16(21)15(11-12)20-18-13-5-3-4-6-14(13)19-20/h3-8,11,21H,2,9-10H2,1H3. The lowest BCUT2D eigenvalue weighted by Gasteiger charge is -2.07. The Balaban J connectivity index is 1.84. The molecule has 3 rings (SSSR count). The molecular weight excluding hydrogens is 294 g/mol. The number of aromatic nitrogens is 3. The summed E-state index contributed by atoms with van der Waals surface area (Å²) in [5.41, 5.74) is 2.95. The van der Waals surface area contributed by atoms with Gasteiger partial charge in [0, 0.05) is 12.8 Å². The highest BCUT2D eigenvalue weighted by Crippen LogP contribution is 2.23. The molecule has 0 amide bonds. The summed E-state index contributed by atoms with van der Waals surface area (Å²) in [6, 6.07) is 12.7. The van der Waals surface area contributed by atoms with Gasteiger partial charge in [-0.3, -0.25) is 4.79 Å². The minimum absolute atomic E-state index is 0.0969. The minimum atomic E-state index is -0.219. The fourth-order valence-electron chi connectivity index (χ4n) is 2.24. The van der Waals surface area contributed by atoms with E-state index in [1.165, 1.54) is 4.80 Å². The minimum Gasteiger partial charge on any atom is -0.506 e. The number of phenols is 1. The van der Waals surface area contributed by atoms with E-state index in [0.717, 1.165) is 16.6 Å². The van der Waals surface area contributed by atoms with Crippen molar-refractivity contribution in [1.29, 1.82) is 0 Å². The van der Waals surface area contributed by atoms with Crippen LogP contribution in [0.25, 0.3) is 16.7 Å². The van der Waals surface area contributed by atoms with Gasteiger partial charge in [-0.15, -0.1) is 15.0 Å². The molecule has 0 saturated heterocycles. The second-order valence-corrected chi connectivity index (χ2v) is 5.13. The summed E-state index contributed by atoms with van der Waals surface area (Å²) in [5.74, 6) is -0.122. The second kappa shape index (κ2) is 6.48. The summed E-state index contributed by atoms with van der Waals surface area (Å²) in [6.45, 7) is 2.07. The summed E-state index contributed by atoms with van der Waals surface area (Å²) in [6.07, 6.45) is 0.935. The molecule has 0 unspecified atom stereocenters. The fourth-order valence-corrected chi connectivity index (χ4v) is 2.24. The van der Waals surface area contributed by atoms with Gasteiger partial charge in [0.05, 0.1) is 6.61 Å². The first-order valence-corrected chi connectivity index (χ1v) is 7.47. The lowest BCUT2D eigenvalue weighted by Crippen LogP contribution is -2.06. The maximum absolute atomic E-state index is 11.2. The number of ether oxygens (including phenoxy) is 1. The lowest BCUT2D eigenvalue weighted by atomic mass is 10.1. The molecule has 1 aromatic heterocycles. The first-order valence-electron chi connectivity index (χ1n) is 7.47. The van der Waals surface area contributed by atoms with Crippen molar-refractivity contribution in [2.45, 2.75) is 19.8 Å². The van der Waals surface area contributed by atoms with Crippen LogP contribution in [0.4, 0.5) is 0 Å². The van der Waals surface area contributed by atoms with Crippen LogP contribution in [0.3, 0.4) is 0 Å². The molecule has 0 aliphatic heterocycles. The molecule has 1 heterocycles. The maximum Gasteiger partial charge on any atom is 0.305 e. The van der Waals surface area contributed by atoms with Gasteiger partial charge >= 0.3 is 5.97 Å². The van der Waals surface area contributed by atoms with Gasteiger partial charge in [-0.05, 0) is 29.8 Å². The Labute approximate surface area is 133 Å². The third-order valence-electron chi connectivity index (χ3n) is 3.48. The normalized spacial score (nSPS) is 10.8. The molecule has 6 heteroatoms. The number of phenolic OH excluding ortho intramolecular Hbond substituents is 1. The van der Waals surface area contributed by atoms with E-state index in [4.69, 9.17) is 4.74 Å². The molecule has 0 bridgehead atoms.